The summed E-state index contributed by atoms with van der Waals surface area (Å²) in [5, 5.41) is 12.0. The molecule has 0 aliphatic heterocycles. The maximum atomic E-state index is 13.6. The first kappa shape index (κ1) is 30.8. The summed E-state index contributed by atoms with van der Waals surface area (Å²) >= 11 is 0. The summed E-state index contributed by atoms with van der Waals surface area (Å²) in [6.07, 6.45) is 4.19. The van der Waals surface area contributed by atoms with Gasteiger partial charge in [-0.05, 0) is 60.9 Å². The lowest BCUT2D eigenvalue weighted by Gasteiger charge is -2.27. The van der Waals surface area contributed by atoms with Crippen molar-refractivity contribution in [1.29, 1.82) is 0 Å². The van der Waals surface area contributed by atoms with Crippen LogP contribution in [0.1, 0.15) is 41.8 Å². The Hall–Kier alpha value is -4.18. The fourth-order valence-electron chi connectivity index (χ4n) is 4.88. The Labute approximate surface area is 247 Å². The molecule has 4 rings (SSSR count). The van der Waals surface area contributed by atoms with Crippen LogP contribution in [0, 0.1) is 11.8 Å². The maximum Gasteiger partial charge on any atom is 0.405 e. The number of carbonyl (C=O) groups excluding carboxylic acids is 1. The lowest BCUT2D eigenvalue weighted by Crippen LogP contribution is -2.45. The number of anilines is 2. The predicted molar refractivity (Wildman–Crippen MR) is 165 cm³/mol. The Morgan fingerprint density at radius 2 is 1.62 bits per heavy atom. The average molecular weight is 591 g/mol. The molecule has 2 N–H and O–H groups in total. The molecule has 3 atom stereocenters. The van der Waals surface area contributed by atoms with Crippen LogP contribution in [0.3, 0.4) is 0 Å². The molecule has 0 bridgehead atoms. The fourth-order valence-corrected chi connectivity index (χ4v) is 5.31. The van der Waals surface area contributed by atoms with E-state index in [-0.39, 0.29) is 11.4 Å². The third kappa shape index (κ3) is 8.42. The number of allylic oxidation sites excluding steroid dienone is 1. The summed E-state index contributed by atoms with van der Waals surface area (Å²) in [5.41, 5.74) is 1.16. The third-order valence-corrected chi connectivity index (χ3v) is 8.77. The van der Waals surface area contributed by atoms with Crippen molar-refractivity contribution in [3.63, 3.8) is 0 Å². The Morgan fingerprint density at radius 3 is 2.17 bits per heavy atom. The van der Waals surface area contributed by atoms with Gasteiger partial charge in [0.2, 0.25) is 10.0 Å². The van der Waals surface area contributed by atoms with Gasteiger partial charge in [0.25, 0.3) is 0 Å². The molecule has 0 saturated heterocycles. The van der Waals surface area contributed by atoms with Crippen molar-refractivity contribution >= 4 is 33.5 Å². The van der Waals surface area contributed by atoms with E-state index < -0.39 is 27.4 Å². The van der Waals surface area contributed by atoms with E-state index in [0.29, 0.717) is 30.6 Å². The van der Waals surface area contributed by atoms with Crippen LogP contribution in [0.25, 0.3) is 0 Å². The molecule has 42 heavy (non-hydrogen) atoms. The Bertz CT molecular complexity index is 1550. The molecule has 3 unspecified atom stereocenters. The monoisotopic (exact) mass is 590 g/mol. The number of aromatic nitrogens is 1. The van der Waals surface area contributed by atoms with Gasteiger partial charge >= 0.3 is 6.09 Å². The lowest BCUT2D eigenvalue weighted by atomic mass is 9.91. The highest BCUT2D eigenvalue weighted by Crippen LogP contribution is 2.39. The number of carbonyl (C=O) groups is 2. The van der Waals surface area contributed by atoms with Gasteiger partial charge in [-0.2, -0.15) is 0 Å². The van der Waals surface area contributed by atoms with E-state index in [4.69, 9.17) is 4.98 Å². The Morgan fingerprint density at radius 1 is 1.05 bits per heavy atom. The minimum Gasteiger partial charge on any atom is -0.465 e. The maximum absolute atomic E-state index is 13.6. The topological polar surface area (TPSA) is 120 Å². The highest BCUT2D eigenvalue weighted by atomic mass is 32.2. The Kier molecular flexibility index (Phi) is 9.36. The zero-order chi connectivity index (χ0) is 30.5. The van der Waals surface area contributed by atoms with E-state index in [0.717, 1.165) is 34.7 Å². The first-order valence-electron chi connectivity index (χ1n) is 13.9. The summed E-state index contributed by atoms with van der Waals surface area (Å²) in [7, 11) is -2.25. The quantitative estimate of drug-likeness (QED) is 0.209. The Balaban J connectivity index is 1.71. The van der Waals surface area contributed by atoms with Crippen LogP contribution >= 0.6 is 0 Å². The van der Waals surface area contributed by atoms with Gasteiger partial charge in [0, 0.05) is 25.7 Å². The molecule has 9 nitrogen and oxygen atoms in total. The number of hydrogen-bond acceptors (Lipinski definition) is 6. The van der Waals surface area contributed by atoms with E-state index in [2.05, 4.69) is 17.1 Å². The van der Waals surface area contributed by atoms with Crippen molar-refractivity contribution in [2.24, 2.45) is 11.8 Å². The zero-order valence-electron chi connectivity index (χ0n) is 24.4. The molecule has 2 aromatic carbocycles. The number of sulfonamides is 1. The molecule has 1 aromatic heterocycles. The number of pyridine rings is 1. The first-order valence-corrected chi connectivity index (χ1v) is 15.7. The van der Waals surface area contributed by atoms with Gasteiger partial charge in [-0.25, -0.2) is 18.2 Å². The van der Waals surface area contributed by atoms with Gasteiger partial charge in [0.1, 0.15) is 11.6 Å². The number of benzene rings is 2. The van der Waals surface area contributed by atoms with Gasteiger partial charge in [0.15, 0.2) is 5.78 Å². The second-order valence-corrected chi connectivity index (χ2v) is 13.4. The molecule has 1 amide bonds. The summed E-state index contributed by atoms with van der Waals surface area (Å²) in [6.45, 7) is 5.17. The van der Waals surface area contributed by atoms with E-state index in [1.807, 2.05) is 60.7 Å². The number of hydrogen-bond donors (Lipinski definition) is 2. The van der Waals surface area contributed by atoms with E-state index in [1.165, 1.54) is 19.2 Å². The van der Waals surface area contributed by atoms with Crippen molar-refractivity contribution in [2.75, 3.05) is 29.1 Å². The second kappa shape index (κ2) is 12.8. The van der Waals surface area contributed by atoms with E-state index in [1.54, 1.807) is 19.1 Å². The van der Waals surface area contributed by atoms with Crippen LogP contribution in [0.4, 0.5) is 16.4 Å². The number of nitrogens with one attached hydrogen (secondary N) is 1. The number of ketones is 1. The average Bonchev–Trinajstić information content (AvgIpc) is 3.64. The zero-order valence-corrected chi connectivity index (χ0v) is 25.2. The molecule has 222 valence electrons. The van der Waals surface area contributed by atoms with Crippen molar-refractivity contribution in [3.8, 4) is 0 Å². The molecule has 1 heterocycles. The van der Waals surface area contributed by atoms with Gasteiger partial charge in [0.05, 0.1) is 11.8 Å². The molecular weight excluding hydrogens is 552 g/mol. The van der Waals surface area contributed by atoms with Crippen LogP contribution in [0.5, 0.6) is 0 Å². The van der Waals surface area contributed by atoms with Crippen molar-refractivity contribution in [1.82, 2.24) is 10.3 Å². The SMILES string of the molecule is CC1CC1CN(Cc1ccccc1)c1cc(C(=O)/C=C/C(C)(Cc2ccccc2)NC(=O)O)cc(N(C)S(C)(=O)=O)n1. The van der Waals surface area contributed by atoms with Crippen molar-refractivity contribution in [2.45, 2.75) is 38.8 Å². The second-order valence-electron chi connectivity index (χ2n) is 11.3. The first-order chi connectivity index (χ1) is 19.8. The predicted octanol–water partition coefficient (Wildman–Crippen LogP) is 5.15. The van der Waals surface area contributed by atoms with E-state index >= 15 is 0 Å². The molecule has 1 saturated carbocycles. The highest BCUT2D eigenvalue weighted by molar-refractivity contribution is 7.92. The summed E-state index contributed by atoms with van der Waals surface area (Å²) in [5.74, 6) is 1.29. The lowest BCUT2D eigenvalue weighted by molar-refractivity contribution is 0.104. The van der Waals surface area contributed by atoms with E-state index in [9.17, 15) is 23.1 Å². The summed E-state index contributed by atoms with van der Waals surface area (Å²) in [4.78, 5) is 32.0. The van der Waals surface area contributed by atoms with Gasteiger partial charge in [-0.15, -0.1) is 0 Å². The van der Waals surface area contributed by atoms with Crippen molar-refractivity contribution in [3.05, 3.63) is 102 Å². The van der Waals surface area contributed by atoms with Gasteiger partial charge < -0.3 is 15.3 Å². The van der Waals surface area contributed by atoms with Crippen LogP contribution in [0.2, 0.25) is 0 Å². The minimum absolute atomic E-state index is 0.129. The van der Waals surface area contributed by atoms with Crippen molar-refractivity contribution < 1.29 is 23.1 Å². The molecule has 3 aromatic rings. The highest BCUT2D eigenvalue weighted by Gasteiger charge is 2.35. The normalized spacial score (nSPS) is 17.8. The summed E-state index contributed by atoms with van der Waals surface area (Å²) < 4.78 is 26.0. The molecule has 0 radical (unpaired) electrons. The summed E-state index contributed by atoms with van der Waals surface area (Å²) in [6, 6.07) is 22.5. The molecular formula is C32H38N4O5S. The molecule has 1 aliphatic rings. The third-order valence-electron chi connectivity index (χ3n) is 7.58. The van der Waals surface area contributed by atoms with Gasteiger partial charge in [-0.3, -0.25) is 9.10 Å². The molecule has 0 spiro atoms. The standard InChI is InChI=1S/C32H38N4O5S/c1-23-17-27(23)22-36(21-25-13-9-6-10-14-25)30-19-26(18-29(33-30)35(3)42(4,40)41)28(37)15-16-32(2,34-31(38)39)20-24-11-7-5-8-12-24/h5-16,18-19,23,27,34H,17,20-22H2,1-4H3,(H,38,39)/b16-15+. The van der Waals surface area contributed by atoms with Crippen LogP contribution < -0.4 is 14.5 Å². The fraction of sp³-hybridized carbons (Fsp3) is 0.344. The van der Waals surface area contributed by atoms with Crippen LogP contribution in [-0.4, -0.2) is 55.8 Å². The van der Waals surface area contributed by atoms with Gasteiger partial charge in [-0.1, -0.05) is 73.7 Å². The smallest absolute Gasteiger partial charge is 0.405 e. The van der Waals surface area contributed by atoms with Crippen LogP contribution in [-0.2, 0) is 23.0 Å². The molecule has 10 heteroatoms. The largest absolute Gasteiger partial charge is 0.465 e. The molecule has 1 fully saturated rings. The number of carboxylic acid groups (broad SMARTS) is 1. The number of amides is 1. The number of nitrogens with zero attached hydrogens (tertiary/aromatic N) is 3. The minimum atomic E-state index is -3.66. The molecule has 1 aliphatic carbocycles. The van der Waals surface area contributed by atoms with Crippen LogP contribution in [0.15, 0.2) is 84.9 Å². The number of rotatable bonds is 13.